The van der Waals surface area contributed by atoms with Gasteiger partial charge >= 0.3 is 6.18 Å². The number of hydrogen-bond acceptors (Lipinski definition) is 2. The minimum Gasteiger partial charge on any atom is -0.312 e. The van der Waals surface area contributed by atoms with Crippen molar-refractivity contribution >= 4 is 0 Å². The van der Waals surface area contributed by atoms with E-state index in [1.807, 2.05) is 14.1 Å². The van der Waals surface area contributed by atoms with E-state index in [4.69, 9.17) is 0 Å². The molecule has 0 bridgehead atoms. The van der Waals surface area contributed by atoms with Crippen LogP contribution in [0.2, 0.25) is 0 Å². The summed E-state index contributed by atoms with van der Waals surface area (Å²) >= 11 is 0. The molecule has 1 aliphatic carbocycles. The first-order chi connectivity index (χ1) is 9.71. The summed E-state index contributed by atoms with van der Waals surface area (Å²) in [4.78, 5) is 2.17. The monoisotopic (exact) mass is 308 g/mol. The second kappa shape index (κ2) is 7.82. The number of nitrogens with zero attached hydrogens (tertiary/aromatic N) is 1. The lowest BCUT2D eigenvalue weighted by Gasteiger charge is -2.50. The SMILES string of the molecule is CCCNC(CCC(F)(F)F)C1(N(C)C)CCC(C)CC1. The van der Waals surface area contributed by atoms with E-state index < -0.39 is 12.6 Å². The lowest BCUT2D eigenvalue weighted by atomic mass is 9.71. The van der Waals surface area contributed by atoms with Crippen molar-refractivity contribution in [3.63, 3.8) is 0 Å². The Morgan fingerprint density at radius 1 is 1.24 bits per heavy atom. The lowest BCUT2D eigenvalue weighted by Crippen LogP contribution is -2.60. The largest absolute Gasteiger partial charge is 0.389 e. The van der Waals surface area contributed by atoms with Gasteiger partial charge in [-0.05, 0) is 65.1 Å². The van der Waals surface area contributed by atoms with Crippen LogP contribution in [0.1, 0.15) is 58.8 Å². The summed E-state index contributed by atoms with van der Waals surface area (Å²) in [6, 6.07) is -0.0819. The third-order valence-electron chi connectivity index (χ3n) is 5.04. The Balaban J connectivity index is 2.84. The van der Waals surface area contributed by atoms with Crippen LogP contribution < -0.4 is 5.32 Å². The molecule has 1 saturated carbocycles. The number of nitrogens with one attached hydrogen (secondary N) is 1. The predicted molar refractivity (Wildman–Crippen MR) is 81.4 cm³/mol. The quantitative estimate of drug-likeness (QED) is 0.758. The van der Waals surface area contributed by atoms with Gasteiger partial charge in [0, 0.05) is 18.0 Å². The zero-order valence-electron chi connectivity index (χ0n) is 13.9. The predicted octanol–water partition coefficient (Wildman–Crippen LogP) is 4.21. The Morgan fingerprint density at radius 2 is 1.81 bits per heavy atom. The number of alkyl halides is 3. The van der Waals surface area contributed by atoms with Gasteiger partial charge in [-0.1, -0.05) is 13.8 Å². The maximum absolute atomic E-state index is 12.7. The maximum Gasteiger partial charge on any atom is 0.389 e. The Kier molecular flexibility index (Phi) is 6.98. The fraction of sp³-hybridized carbons (Fsp3) is 1.00. The van der Waals surface area contributed by atoms with Gasteiger partial charge in [0.15, 0.2) is 0 Å². The highest BCUT2D eigenvalue weighted by Crippen LogP contribution is 2.40. The second-order valence-corrected chi connectivity index (χ2v) is 6.84. The standard InChI is InChI=1S/C16H31F3N2/c1-5-12-20-14(8-11-16(17,18)19)15(21(3)4)9-6-13(2)7-10-15/h13-14,20H,5-12H2,1-4H3. The average molecular weight is 308 g/mol. The fourth-order valence-electron chi connectivity index (χ4n) is 3.56. The molecule has 126 valence electrons. The van der Waals surface area contributed by atoms with E-state index in [0.717, 1.165) is 38.6 Å². The van der Waals surface area contributed by atoms with Gasteiger partial charge in [0.25, 0.3) is 0 Å². The van der Waals surface area contributed by atoms with Crippen molar-refractivity contribution in [2.75, 3.05) is 20.6 Å². The molecule has 1 fully saturated rings. The molecule has 1 N–H and O–H groups in total. The summed E-state index contributed by atoms with van der Waals surface area (Å²) in [5, 5.41) is 3.41. The van der Waals surface area contributed by atoms with Gasteiger partial charge in [0.2, 0.25) is 0 Å². The van der Waals surface area contributed by atoms with Crippen LogP contribution in [0.3, 0.4) is 0 Å². The van der Waals surface area contributed by atoms with E-state index in [-0.39, 0.29) is 18.0 Å². The first kappa shape index (κ1) is 18.8. The normalized spacial score (nSPS) is 28.9. The molecule has 0 aromatic rings. The summed E-state index contributed by atoms with van der Waals surface area (Å²) in [7, 11) is 4.04. The Bertz CT molecular complexity index is 294. The molecule has 1 unspecified atom stereocenters. The molecule has 0 amide bonds. The average Bonchev–Trinajstić information content (AvgIpc) is 2.39. The van der Waals surface area contributed by atoms with E-state index in [9.17, 15) is 13.2 Å². The summed E-state index contributed by atoms with van der Waals surface area (Å²) in [6.07, 6.45) is 0.545. The molecule has 1 atom stereocenters. The molecule has 21 heavy (non-hydrogen) atoms. The molecular formula is C16H31F3N2. The zero-order valence-corrected chi connectivity index (χ0v) is 13.9. The number of halogens is 3. The van der Waals surface area contributed by atoms with Gasteiger partial charge in [0.1, 0.15) is 0 Å². The number of likely N-dealkylation sites (N-methyl/N-ethyl adjacent to an activating group) is 1. The van der Waals surface area contributed by atoms with Crippen molar-refractivity contribution in [3.05, 3.63) is 0 Å². The van der Waals surface area contributed by atoms with Crippen molar-refractivity contribution in [3.8, 4) is 0 Å². The van der Waals surface area contributed by atoms with Gasteiger partial charge in [-0.2, -0.15) is 13.2 Å². The van der Waals surface area contributed by atoms with Crippen LogP contribution in [0.25, 0.3) is 0 Å². The van der Waals surface area contributed by atoms with E-state index in [0.29, 0.717) is 5.92 Å². The molecule has 0 aromatic heterocycles. The van der Waals surface area contributed by atoms with Crippen LogP contribution in [0.5, 0.6) is 0 Å². The molecular weight excluding hydrogens is 277 g/mol. The fourth-order valence-corrected chi connectivity index (χ4v) is 3.56. The van der Waals surface area contributed by atoms with Crippen LogP contribution in [0.15, 0.2) is 0 Å². The van der Waals surface area contributed by atoms with Crippen molar-refractivity contribution in [1.82, 2.24) is 10.2 Å². The Morgan fingerprint density at radius 3 is 2.24 bits per heavy atom. The van der Waals surface area contributed by atoms with E-state index in [1.165, 1.54) is 0 Å². The molecule has 1 aliphatic rings. The summed E-state index contributed by atoms with van der Waals surface area (Å²) in [6.45, 7) is 5.08. The molecule has 0 radical (unpaired) electrons. The highest BCUT2D eigenvalue weighted by molar-refractivity contribution is 5.01. The number of hydrogen-bond donors (Lipinski definition) is 1. The highest BCUT2D eigenvalue weighted by atomic mass is 19.4. The van der Waals surface area contributed by atoms with Crippen LogP contribution in [0.4, 0.5) is 13.2 Å². The third-order valence-corrected chi connectivity index (χ3v) is 5.04. The van der Waals surface area contributed by atoms with Gasteiger partial charge in [-0.3, -0.25) is 0 Å². The molecule has 0 saturated heterocycles. The first-order valence-corrected chi connectivity index (χ1v) is 8.19. The Hall–Kier alpha value is -0.290. The smallest absolute Gasteiger partial charge is 0.312 e. The molecule has 1 rings (SSSR count). The lowest BCUT2D eigenvalue weighted by molar-refractivity contribution is -0.139. The molecule has 0 aliphatic heterocycles. The Labute approximate surface area is 127 Å². The topological polar surface area (TPSA) is 15.3 Å². The molecule has 2 nitrogen and oxygen atoms in total. The summed E-state index contributed by atoms with van der Waals surface area (Å²) < 4.78 is 38.0. The third kappa shape index (κ3) is 5.44. The van der Waals surface area contributed by atoms with Crippen LogP contribution in [-0.2, 0) is 0 Å². The first-order valence-electron chi connectivity index (χ1n) is 8.19. The van der Waals surface area contributed by atoms with Crippen LogP contribution >= 0.6 is 0 Å². The van der Waals surface area contributed by atoms with Gasteiger partial charge < -0.3 is 10.2 Å². The second-order valence-electron chi connectivity index (χ2n) is 6.84. The van der Waals surface area contributed by atoms with Gasteiger partial charge in [0.05, 0.1) is 0 Å². The van der Waals surface area contributed by atoms with E-state index in [2.05, 4.69) is 24.1 Å². The van der Waals surface area contributed by atoms with Crippen molar-refractivity contribution in [2.45, 2.75) is 76.6 Å². The molecule has 0 aromatic carbocycles. The minimum atomic E-state index is -4.07. The van der Waals surface area contributed by atoms with E-state index >= 15 is 0 Å². The zero-order chi connectivity index (χ0) is 16.1. The number of rotatable bonds is 7. The van der Waals surface area contributed by atoms with Crippen molar-refractivity contribution < 1.29 is 13.2 Å². The highest BCUT2D eigenvalue weighted by Gasteiger charge is 2.43. The molecule has 0 spiro atoms. The molecule has 0 heterocycles. The summed E-state index contributed by atoms with van der Waals surface area (Å²) in [5.74, 6) is 0.688. The van der Waals surface area contributed by atoms with Gasteiger partial charge in [-0.15, -0.1) is 0 Å². The van der Waals surface area contributed by atoms with Crippen molar-refractivity contribution in [1.29, 1.82) is 0 Å². The van der Waals surface area contributed by atoms with Gasteiger partial charge in [-0.25, -0.2) is 0 Å². The summed E-state index contributed by atoms with van der Waals surface area (Å²) in [5.41, 5.74) is -0.132. The van der Waals surface area contributed by atoms with Crippen molar-refractivity contribution in [2.24, 2.45) is 5.92 Å². The van der Waals surface area contributed by atoms with Crippen LogP contribution in [-0.4, -0.2) is 43.3 Å². The van der Waals surface area contributed by atoms with Crippen LogP contribution in [0, 0.1) is 5.92 Å². The minimum absolute atomic E-state index is 0.0819. The maximum atomic E-state index is 12.7. The van der Waals surface area contributed by atoms with E-state index in [1.54, 1.807) is 0 Å². The molecule has 5 heteroatoms.